The fourth-order valence-electron chi connectivity index (χ4n) is 4.13. The van der Waals surface area contributed by atoms with E-state index in [0.29, 0.717) is 18.2 Å². The summed E-state index contributed by atoms with van der Waals surface area (Å²) in [5, 5.41) is 1.35. The number of rotatable bonds is 7. The van der Waals surface area contributed by atoms with Gasteiger partial charge in [0.1, 0.15) is 4.83 Å². The zero-order chi connectivity index (χ0) is 22.9. The summed E-state index contributed by atoms with van der Waals surface area (Å²) in [7, 11) is 0. The average Bonchev–Trinajstić information content (AvgIpc) is 3.33. The monoisotopic (exact) mass is 467 g/mol. The molecule has 1 amide bonds. The van der Waals surface area contributed by atoms with Crippen LogP contribution in [0.2, 0.25) is 0 Å². The molecule has 0 radical (unpaired) electrons. The summed E-state index contributed by atoms with van der Waals surface area (Å²) >= 11 is 2.97. The van der Waals surface area contributed by atoms with Crippen LogP contribution in [0.3, 0.4) is 0 Å². The number of carbonyl (C=O) groups is 1. The molecular formula is C25H29N3O2S2. The molecule has 0 N–H and O–H groups in total. The Kier molecular flexibility index (Phi) is 6.58. The number of allylic oxidation sites excluding steroid dienone is 1. The number of carbonyl (C=O) groups excluding carboxylic acids is 1. The van der Waals surface area contributed by atoms with E-state index < -0.39 is 0 Å². The van der Waals surface area contributed by atoms with Gasteiger partial charge in [0.15, 0.2) is 5.16 Å². The van der Waals surface area contributed by atoms with E-state index in [9.17, 15) is 9.59 Å². The Bertz CT molecular complexity index is 1210. The van der Waals surface area contributed by atoms with Crippen molar-refractivity contribution < 1.29 is 4.79 Å². The Morgan fingerprint density at radius 3 is 2.72 bits per heavy atom. The summed E-state index contributed by atoms with van der Waals surface area (Å²) in [4.78, 5) is 35.4. The van der Waals surface area contributed by atoms with Crippen molar-refractivity contribution in [3.63, 3.8) is 0 Å². The Hall–Kier alpha value is -2.38. The number of aromatic nitrogens is 2. The van der Waals surface area contributed by atoms with E-state index in [1.54, 1.807) is 22.0 Å². The van der Waals surface area contributed by atoms with E-state index in [1.807, 2.05) is 56.0 Å². The van der Waals surface area contributed by atoms with Crippen molar-refractivity contribution in [3.8, 4) is 0 Å². The van der Waals surface area contributed by atoms with Crippen LogP contribution in [0.25, 0.3) is 10.2 Å². The van der Waals surface area contributed by atoms with Crippen LogP contribution in [0, 0.1) is 0 Å². The maximum Gasteiger partial charge on any atom is 0.263 e. The Balaban J connectivity index is 1.61. The quantitative estimate of drug-likeness (QED) is 0.277. The van der Waals surface area contributed by atoms with Crippen LogP contribution in [0.5, 0.6) is 0 Å². The number of hydrogen-bond donors (Lipinski definition) is 0. The molecule has 0 aliphatic heterocycles. The van der Waals surface area contributed by atoms with Crippen molar-refractivity contribution in [1.82, 2.24) is 14.5 Å². The van der Waals surface area contributed by atoms with Gasteiger partial charge in [-0.2, -0.15) is 0 Å². The molecule has 2 heterocycles. The summed E-state index contributed by atoms with van der Waals surface area (Å²) in [5.74, 6) is 0.254. The molecule has 0 unspecified atom stereocenters. The highest BCUT2D eigenvalue weighted by Gasteiger charge is 2.28. The van der Waals surface area contributed by atoms with Crippen molar-refractivity contribution in [2.24, 2.45) is 0 Å². The van der Waals surface area contributed by atoms with Crippen LogP contribution < -0.4 is 5.56 Å². The minimum absolute atomic E-state index is 0.0128. The minimum Gasteiger partial charge on any atom is -0.333 e. The third-order valence-corrected chi connectivity index (χ3v) is 7.87. The fraction of sp³-hybridized carbons (Fsp3) is 0.400. The predicted molar refractivity (Wildman–Crippen MR) is 134 cm³/mol. The third-order valence-electron chi connectivity index (χ3n) is 5.72. The summed E-state index contributed by atoms with van der Waals surface area (Å²) in [6.45, 7) is 10.9. The minimum atomic E-state index is -0.319. The van der Waals surface area contributed by atoms with Gasteiger partial charge < -0.3 is 4.90 Å². The topological polar surface area (TPSA) is 55.2 Å². The fourth-order valence-corrected chi connectivity index (χ4v) is 6.32. The van der Waals surface area contributed by atoms with Crippen LogP contribution in [0.15, 0.2) is 52.9 Å². The van der Waals surface area contributed by atoms with Crippen molar-refractivity contribution in [2.45, 2.75) is 63.8 Å². The van der Waals surface area contributed by atoms with Crippen LogP contribution in [0.1, 0.15) is 43.2 Å². The molecular weight excluding hydrogens is 438 g/mol. The molecule has 3 aromatic rings. The average molecular weight is 468 g/mol. The van der Waals surface area contributed by atoms with E-state index in [2.05, 4.69) is 6.58 Å². The number of thioether (sulfide) groups is 1. The molecule has 2 aromatic heterocycles. The van der Waals surface area contributed by atoms with Crippen molar-refractivity contribution in [3.05, 3.63) is 69.3 Å². The molecule has 0 bridgehead atoms. The van der Waals surface area contributed by atoms with E-state index in [0.717, 1.165) is 35.0 Å². The molecule has 0 fully saturated rings. The number of aryl methyl sites for hydroxylation is 2. The number of nitrogens with zero attached hydrogens (tertiary/aromatic N) is 3. The standard InChI is InChI=1S/C25H29N3O2S2/c1-5-14-27-23(30)21-18-12-9-13-19(18)32-22(21)26-24(27)31-16-20(29)28(25(2,3)4)15-17-10-7-6-8-11-17/h5-8,10-11H,1,9,12-16H2,2-4H3. The first-order chi connectivity index (χ1) is 15.3. The summed E-state index contributed by atoms with van der Waals surface area (Å²) < 4.78 is 1.66. The maximum atomic E-state index is 13.3. The van der Waals surface area contributed by atoms with Gasteiger partial charge in [-0.15, -0.1) is 17.9 Å². The van der Waals surface area contributed by atoms with Crippen LogP contribution in [-0.2, 0) is 30.7 Å². The van der Waals surface area contributed by atoms with Gasteiger partial charge in [-0.3, -0.25) is 14.2 Å². The lowest BCUT2D eigenvalue weighted by Gasteiger charge is -2.36. The summed E-state index contributed by atoms with van der Waals surface area (Å²) in [6.07, 6.45) is 4.79. The van der Waals surface area contributed by atoms with Gasteiger partial charge in [-0.25, -0.2) is 4.98 Å². The Morgan fingerprint density at radius 2 is 2.03 bits per heavy atom. The van der Waals surface area contributed by atoms with E-state index in [-0.39, 0.29) is 22.8 Å². The number of amides is 1. The number of thiophene rings is 1. The first-order valence-corrected chi connectivity index (χ1v) is 12.7. The first kappa shape index (κ1) is 22.8. The molecule has 0 saturated carbocycles. The van der Waals surface area contributed by atoms with Crippen molar-refractivity contribution in [2.75, 3.05) is 5.75 Å². The van der Waals surface area contributed by atoms with Crippen LogP contribution in [0.4, 0.5) is 0 Å². The lowest BCUT2D eigenvalue weighted by molar-refractivity contribution is -0.133. The van der Waals surface area contributed by atoms with E-state index in [4.69, 9.17) is 4.98 Å². The number of fused-ring (bicyclic) bond motifs is 3. The largest absolute Gasteiger partial charge is 0.333 e. The molecule has 5 nitrogen and oxygen atoms in total. The van der Waals surface area contributed by atoms with Gasteiger partial charge in [-0.1, -0.05) is 48.2 Å². The molecule has 32 heavy (non-hydrogen) atoms. The van der Waals surface area contributed by atoms with Crippen molar-refractivity contribution in [1.29, 1.82) is 0 Å². The molecule has 168 valence electrons. The maximum absolute atomic E-state index is 13.3. The molecule has 0 atom stereocenters. The zero-order valence-corrected chi connectivity index (χ0v) is 20.5. The van der Waals surface area contributed by atoms with Gasteiger partial charge in [0, 0.05) is 23.5 Å². The van der Waals surface area contributed by atoms with Gasteiger partial charge in [0.05, 0.1) is 11.1 Å². The molecule has 0 spiro atoms. The lowest BCUT2D eigenvalue weighted by atomic mass is 10.0. The smallest absolute Gasteiger partial charge is 0.263 e. The Morgan fingerprint density at radius 1 is 1.28 bits per heavy atom. The van der Waals surface area contributed by atoms with Crippen LogP contribution in [-0.4, -0.2) is 31.6 Å². The molecule has 1 aliphatic carbocycles. The lowest BCUT2D eigenvalue weighted by Crippen LogP contribution is -2.46. The molecule has 1 aromatic carbocycles. The highest BCUT2D eigenvalue weighted by atomic mass is 32.2. The van der Waals surface area contributed by atoms with E-state index in [1.165, 1.54) is 22.2 Å². The Labute approximate surface area is 197 Å². The highest BCUT2D eigenvalue weighted by molar-refractivity contribution is 7.99. The second kappa shape index (κ2) is 9.24. The first-order valence-electron chi connectivity index (χ1n) is 10.9. The predicted octanol–water partition coefficient (Wildman–Crippen LogP) is 5.05. The van der Waals surface area contributed by atoms with Gasteiger partial charge in [0.2, 0.25) is 5.91 Å². The normalized spacial score (nSPS) is 13.3. The van der Waals surface area contributed by atoms with Crippen LogP contribution >= 0.6 is 23.1 Å². The van der Waals surface area contributed by atoms with Gasteiger partial charge >= 0.3 is 0 Å². The molecule has 0 saturated heterocycles. The second-order valence-electron chi connectivity index (χ2n) is 9.06. The third kappa shape index (κ3) is 4.55. The molecule has 7 heteroatoms. The highest BCUT2D eigenvalue weighted by Crippen LogP contribution is 2.35. The zero-order valence-electron chi connectivity index (χ0n) is 18.9. The second-order valence-corrected chi connectivity index (χ2v) is 11.1. The van der Waals surface area contributed by atoms with E-state index >= 15 is 0 Å². The SMILES string of the molecule is C=CCn1c(SCC(=O)N(Cc2ccccc2)C(C)(C)C)nc2sc3c(c2c1=O)CCC3. The van der Waals surface area contributed by atoms with Crippen molar-refractivity contribution >= 4 is 39.2 Å². The summed E-state index contributed by atoms with van der Waals surface area (Å²) in [5.41, 5.74) is 1.94. The molecule has 4 rings (SSSR count). The summed E-state index contributed by atoms with van der Waals surface area (Å²) in [6, 6.07) is 10.0. The number of benzene rings is 1. The number of hydrogen-bond acceptors (Lipinski definition) is 5. The van der Waals surface area contributed by atoms with Gasteiger partial charge in [0.25, 0.3) is 5.56 Å². The van der Waals surface area contributed by atoms with Gasteiger partial charge in [-0.05, 0) is 51.2 Å². The molecule has 1 aliphatic rings.